The van der Waals surface area contributed by atoms with Crippen LogP contribution in [0, 0.1) is 5.92 Å². The molecule has 2 aliphatic carbocycles. The van der Waals surface area contributed by atoms with Crippen LogP contribution in [0.15, 0.2) is 42.3 Å². The summed E-state index contributed by atoms with van der Waals surface area (Å²) < 4.78 is 45.8. The Morgan fingerprint density at radius 1 is 1.17 bits per heavy atom. The van der Waals surface area contributed by atoms with Gasteiger partial charge in [-0.05, 0) is 64.5 Å². The van der Waals surface area contributed by atoms with Gasteiger partial charge < -0.3 is 19.5 Å². The molecule has 0 radical (unpaired) electrons. The number of pyridine rings is 1. The molecule has 3 fully saturated rings. The molecule has 1 aromatic carbocycles. The highest BCUT2D eigenvalue weighted by molar-refractivity contribution is 7.91. The molecule has 0 bridgehead atoms. The first-order valence-corrected chi connectivity index (χ1v) is 20.4. The highest BCUT2D eigenvalue weighted by Gasteiger charge is 2.63. The number of carbonyl (C=O) groups excluding carboxylic acids is 3. The van der Waals surface area contributed by atoms with E-state index in [1.54, 1.807) is 33.9 Å². The van der Waals surface area contributed by atoms with Crippen LogP contribution in [-0.4, -0.2) is 82.9 Å². The zero-order valence-electron chi connectivity index (χ0n) is 31.4. The summed E-state index contributed by atoms with van der Waals surface area (Å²) in [6, 6.07) is 6.19. The number of likely N-dealkylation sites (tertiary alicyclic amines) is 1. The minimum Gasteiger partial charge on any atom is -0.497 e. The molecule has 2 saturated carbocycles. The number of ether oxygens (including phenoxy) is 3. The van der Waals surface area contributed by atoms with Gasteiger partial charge in [0.15, 0.2) is 0 Å². The average Bonchev–Trinajstić information content (AvgIpc) is 3.90. The average molecular weight is 768 g/mol. The monoisotopic (exact) mass is 767 g/mol. The summed E-state index contributed by atoms with van der Waals surface area (Å²) in [5.41, 5.74) is -0.207. The third-order valence-electron chi connectivity index (χ3n) is 10.2. The molecule has 15 heteroatoms. The number of benzene rings is 1. The number of rotatable bonds is 13. The lowest BCUT2D eigenvalue weighted by molar-refractivity contribution is -0.131. The molecule has 1 aliphatic heterocycles. The third-order valence-corrected chi connectivity index (χ3v) is 13.2. The lowest BCUT2D eigenvalue weighted by Crippen LogP contribution is -2.57. The zero-order chi connectivity index (χ0) is 38.5. The number of thiazole rings is 1. The molecule has 53 heavy (non-hydrogen) atoms. The first-order chi connectivity index (χ1) is 24.9. The summed E-state index contributed by atoms with van der Waals surface area (Å²) in [6.45, 7) is 15.1. The summed E-state index contributed by atoms with van der Waals surface area (Å²) >= 11 is 1.48. The molecule has 3 aromatic rings. The van der Waals surface area contributed by atoms with Crippen LogP contribution in [-0.2, 0) is 24.3 Å². The van der Waals surface area contributed by atoms with Gasteiger partial charge in [0.1, 0.15) is 45.5 Å². The van der Waals surface area contributed by atoms with Gasteiger partial charge in [-0.1, -0.05) is 33.3 Å². The van der Waals surface area contributed by atoms with Crippen LogP contribution >= 0.6 is 11.3 Å². The van der Waals surface area contributed by atoms with E-state index < -0.39 is 61.9 Å². The van der Waals surface area contributed by atoms with Crippen molar-refractivity contribution < 1.29 is 37.0 Å². The molecule has 2 N–H and O–H groups in total. The SMILES string of the molecule is C=CC1CC1(NC(=O)C1CC(Oc2cc(-c3nc(C(C)C)cs3)nc3cc(OC)ccc23)CN1C(=O)OC(C)(C)C)C(=O)NS(=O)(=O)C1(CCC)CC1. The molecule has 3 aliphatic rings. The smallest absolute Gasteiger partial charge is 0.411 e. The fraction of sp³-hybridized carbons (Fsp3) is 0.553. The molecule has 6 rings (SSSR count). The first-order valence-electron chi connectivity index (χ1n) is 18.1. The second-order valence-electron chi connectivity index (χ2n) is 15.6. The number of methoxy groups -OCH3 is 1. The van der Waals surface area contributed by atoms with Crippen LogP contribution < -0.4 is 19.5 Å². The number of nitrogens with zero attached hydrogens (tertiary/aromatic N) is 3. The maximum absolute atomic E-state index is 14.2. The number of amides is 3. The minimum atomic E-state index is -3.98. The predicted octanol–water partition coefficient (Wildman–Crippen LogP) is 6.09. The van der Waals surface area contributed by atoms with Crippen molar-refractivity contribution in [3.05, 3.63) is 48.0 Å². The van der Waals surface area contributed by atoms with Gasteiger partial charge in [-0.3, -0.25) is 19.2 Å². The zero-order valence-corrected chi connectivity index (χ0v) is 33.0. The summed E-state index contributed by atoms with van der Waals surface area (Å²) in [4.78, 5) is 52.5. The van der Waals surface area contributed by atoms with E-state index in [1.807, 2.05) is 30.5 Å². The number of carbonyl (C=O) groups is 3. The van der Waals surface area contributed by atoms with Crippen molar-refractivity contribution in [2.24, 2.45) is 5.92 Å². The van der Waals surface area contributed by atoms with Crippen molar-refractivity contribution in [2.75, 3.05) is 13.7 Å². The highest BCUT2D eigenvalue weighted by atomic mass is 32.2. The number of aromatic nitrogens is 2. The van der Waals surface area contributed by atoms with E-state index in [-0.39, 0.29) is 25.3 Å². The van der Waals surface area contributed by atoms with Gasteiger partial charge in [-0.15, -0.1) is 17.9 Å². The first kappa shape index (κ1) is 38.5. The molecular formula is C38H49N5O8S2. The Hall–Kier alpha value is -4.24. The fourth-order valence-electron chi connectivity index (χ4n) is 6.92. The van der Waals surface area contributed by atoms with Crippen molar-refractivity contribution >= 4 is 50.2 Å². The van der Waals surface area contributed by atoms with Crippen LogP contribution in [0.2, 0.25) is 0 Å². The Morgan fingerprint density at radius 2 is 1.91 bits per heavy atom. The van der Waals surface area contributed by atoms with Gasteiger partial charge in [0.05, 0.1) is 29.6 Å². The molecule has 0 spiro atoms. The van der Waals surface area contributed by atoms with E-state index in [0.29, 0.717) is 53.8 Å². The minimum absolute atomic E-state index is 0.00898. The quantitative estimate of drug-likeness (QED) is 0.195. The number of hydrogen-bond donors (Lipinski definition) is 2. The Labute approximate surface area is 314 Å². The number of sulfonamides is 1. The van der Waals surface area contributed by atoms with E-state index in [4.69, 9.17) is 24.2 Å². The van der Waals surface area contributed by atoms with Crippen molar-refractivity contribution in [3.63, 3.8) is 0 Å². The van der Waals surface area contributed by atoms with Crippen LogP contribution in [0.5, 0.6) is 11.5 Å². The number of nitrogens with one attached hydrogen (secondary N) is 2. The Balaban J connectivity index is 1.29. The van der Waals surface area contributed by atoms with Gasteiger partial charge in [-0.25, -0.2) is 23.2 Å². The molecule has 1 saturated heterocycles. The number of fused-ring (bicyclic) bond motifs is 1. The Morgan fingerprint density at radius 3 is 2.49 bits per heavy atom. The molecule has 4 atom stereocenters. The van der Waals surface area contributed by atoms with Crippen molar-refractivity contribution in [2.45, 2.75) is 114 Å². The van der Waals surface area contributed by atoms with Gasteiger partial charge in [0.2, 0.25) is 15.9 Å². The van der Waals surface area contributed by atoms with Crippen LogP contribution in [0.3, 0.4) is 0 Å². The fourth-order valence-corrected chi connectivity index (χ4v) is 9.61. The lowest BCUT2D eigenvalue weighted by Gasteiger charge is -2.29. The molecule has 4 unspecified atom stereocenters. The molecule has 3 amide bonds. The normalized spacial score (nSPS) is 23.4. The van der Waals surface area contributed by atoms with E-state index in [1.165, 1.54) is 22.3 Å². The molecular weight excluding hydrogens is 719 g/mol. The van der Waals surface area contributed by atoms with E-state index >= 15 is 0 Å². The molecule has 13 nitrogen and oxygen atoms in total. The predicted molar refractivity (Wildman–Crippen MR) is 202 cm³/mol. The Bertz CT molecular complexity index is 2040. The van der Waals surface area contributed by atoms with Gasteiger partial charge in [0.25, 0.3) is 5.91 Å². The lowest BCUT2D eigenvalue weighted by atomic mass is 10.1. The number of hydrogen-bond acceptors (Lipinski definition) is 11. The summed E-state index contributed by atoms with van der Waals surface area (Å²) in [5.74, 6) is -0.582. The highest BCUT2D eigenvalue weighted by Crippen LogP contribution is 2.49. The van der Waals surface area contributed by atoms with Gasteiger partial charge in [0, 0.05) is 35.2 Å². The van der Waals surface area contributed by atoms with Crippen LogP contribution in [0.4, 0.5) is 4.79 Å². The van der Waals surface area contributed by atoms with Crippen molar-refractivity contribution in [3.8, 4) is 22.2 Å². The molecule has 286 valence electrons. The van der Waals surface area contributed by atoms with Crippen LogP contribution in [0.25, 0.3) is 21.6 Å². The van der Waals surface area contributed by atoms with Gasteiger partial charge in [-0.2, -0.15) is 0 Å². The summed E-state index contributed by atoms with van der Waals surface area (Å²) in [6.07, 6.45) is 2.46. The van der Waals surface area contributed by atoms with E-state index in [0.717, 1.165) is 10.7 Å². The largest absolute Gasteiger partial charge is 0.497 e. The van der Waals surface area contributed by atoms with Gasteiger partial charge >= 0.3 is 6.09 Å². The topological polar surface area (TPSA) is 166 Å². The van der Waals surface area contributed by atoms with Crippen molar-refractivity contribution in [1.82, 2.24) is 24.9 Å². The second-order valence-corrected chi connectivity index (χ2v) is 18.6. The van der Waals surface area contributed by atoms with E-state index in [2.05, 4.69) is 30.5 Å². The Kier molecular flexibility index (Phi) is 10.3. The molecule has 2 aromatic heterocycles. The van der Waals surface area contributed by atoms with Crippen LogP contribution in [0.1, 0.15) is 91.7 Å². The maximum atomic E-state index is 14.2. The third kappa shape index (κ3) is 7.73. The summed E-state index contributed by atoms with van der Waals surface area (Å²) in [7, 11) is -2.41. The summed E-state index contributed by atoms with van der Waals surface area (Å²) in [5, 5.41) is 6.26. The standard InChI is InChI=1S/C38H49N5O8S2/c1-9-13-37(14-15-37)53(47,48)42-34(45)38(19-23(38)10-2)41-32(44)30-17-25(20-43(30)35(46)51-36(5,6)7)50-31-18-28(33-40-29(21-52-33)22(3)4)39-27-16-24(49-8)11-12-26(27)31/h10-12,16,18,21-23,25,30H,2,9,13-15,17,19-20H2,1,3-8H3,(H,41,44)(H,42,45). The second kappa shape index (κ2) is 14.2. The van der Waals surface area contributed by atoms with Crippen molar-refractivity contribution in [1.29, 1.82) is 0 Å². The molecule has 3 heterocycles. The van der Waals surface area contributed by atoms with E-state index in [9.17, 15) is 22.8 Å². The maximum Gasteiger partial charge on any atom is 0.411 e.